The number of aromatic nitrogens is 1. The van der Waals surface area contributed by atoms with Gasteiger partial charge in [0.15, 0.2) is 5.84 Å². The van der Waals surface area contributed by atoms with Crippen molar-refractivity contribution in [3.63, 3.8) is 0 Å². The average Bonchev–Trinajstić information content (AvgIpc) is 2.59. The molecule has 5 nitrogen and oxygen atoms in total. The topological polar surface area (TPSA) is 74.7 Å². The van der Waals surface area contributed by atoms with Crippen LogP contribution in [0.25, 0.3) is 0 Å². The first-order valence-electron chi connectivity index (χ1n) is 6.71. The molecule has 0 saturated carbocycles. The molecule has 0 bridgehead atoms. The highest BCUT2D eigenvalue weighted by Gasteiger charge is 2.23. The number of oxime groups is 1. The number of hydrogen-bond acceptors (Lipinski definition) is 4. The summed E-state index contributed by atoms with van der Waals surface area (Å²) in [6, 6.07) is 3.86. The molecule has 0 spiro atoms. The fourth-order valence-electron chi connectivity index (χ4n) is 2.49. The third-order valence-corrected chi connectivity index (χ3v) is 3.82. The molecule has 0 atom stereocenters. The molecule has 0 amide bonds. The Labute approximate surface area is 114 Å². The van der Waals surface area contributed by atoms with Crippen molar-refractivity contribution in [2.24, 2.45) is 16.3 Å². The lowest BCUT2D eigenvalue weighted by atomic mass is 9.85. The fraction of sp³-hybridized carbons (Fsp3) is 0.571. The minimum absolute atomic E-state index is 0.0528. The standard InChI is InChI=1S/C14H22N4O/c1-14(2)5-3-8-18(9-6-14)11-4-7-16-12(10-11)13(15)17-19/h4,7,10,19H,3,5-6,8-9H2,1-2H3,(H2,15,17). The van der Waals surface area contributed by atoms with Crippen molar-refractivity contribution in [1.82, 2.24) is 4.98 Å². The lowest BCUT2D eigenvalue weighted by Gasteiger charge is -2.25. The summed E-state index contributed by atoms with van der Waals surface area (Å²) >= 11 is 0. The van der Waals surface area contributed by atoms with Crippen LogP contribution in [-0.4, -0.2) is 29.1 Å². The van der Waals surface area contributed by atoms with Gasteiger partial charge in [-0.2, -0.15) is 0 Å². The van der Waals surface area contributed by atoms with Crippen molar-refractivity contribution in [3.8, 4) is 0 Å². The van der Waals surface area contributed by atoms with Gasteiger partial charge in [0.05, 0.1) is 0 Å². The van der Waals surface area contributed by atoms with E-state index in [1.54, 1.807) is 6.20 Å². The van der Waals surface area contributed by atoms with Crippen LogP contribution >= 0.6 is 0 Å². The molecule has 1 fully saturated rings. The lowest BCUT2D eigenvalue weighted by Crippen LogP contribution is -2.25. The summed E-state index contributed by atoms with van der Waals surface area (Å²) < 4.78 is 0. The maximum atomic E-state index is 8.71. The largest absolute Gasteiger partial charge is 0.409 e. The van der Waals surface area contributed by atoms with Crippen LogP contribution in [-0.2, 0) is 0 Å². The van der Waals surface area contributed by atoms with Gasteiger partial charge in [0.1, 0.15) is 5.69 Å². The maximum absolute atomic E-state index is 8.71. The van der Waals surface area contributed by atoms with Gasteiger partial charge >= 0.3 is 0 Å². The highest BCUT2D eigenvalue weighted by atomic mass is 16.4. The van der Waals surface area contributed by atoms with E-state index in [-0.39, 0.29) is 5.84 Å². The van der Waals surface area contributed by atoms with Gasteiger partial charge in [-0.1, -0.05) is 19.0 Å². The summed E-state index contributed by atoms with van der Waals surface area (Å²) in [6.45, 7) is 6.73. The van der Waals surface area contributed by atoms with E-state index in [4.69, 9.17) is 10.9 Å². The summed E-state index contributed by atoms with van der Waals surface area (Å²) in [4.78, 5) is 6.47. The van der Waals surface area contributed by atoms with Gasteiger partial charge in [-0.15, -0.1) is 0 Å². The Bertz CT molecular complexity index is 470. The molecule has 1 saturated heterocycles. The highest BCUT2D eigenvalue weighted by molar-refractivity contribution is 5.95. The Hall–Kier alpha value is -1.78. The second-order valence-electron chi connectivity index (χ2n) is 5.89. The van der Waals surface area contributed by atoms with Crippen molar-refractivity contribution in [2.75, 3.05) is 18.0 Å². The molecule has 104 valence electrons. The first kappa shape index (κ1) is 13.6. The molecule has 2 heterocycles. The van der Waals surface area contributed by atoms with E-state index in [2.05, 4.69) is 28.9 Å². The molecule has 5 heteroatoms. The molecular formula is C14H22N4O. The Morgan fingerprint density at radius 1 is 1.42 bits per heavy atom. The molecule has 0 unspecified atom stereocenters. The van der Waals surface area contributed by atoms with Gasteiger partial charge in [-0.05, 0) is 36.8 Å². The van der Waals surface area contributed by atoms with Crippen LogP contribution in [0, 0.1) is 5.41 Å². The zero-order chi connectivity index (χ0) is 13.9. The zero-order valence-electron chi connectivity index (χ0n) is 11.6. The highest BCUT2D eigenvalue weighted by Crippen LogP contribution is 2.31. The summed E-state index contributed by atoms with van der Waals surface area (Å²) in [5.74, 6) is 0.0528. The van der Waals surface area contributed by atoms with Crippen molar-refractivity contribution in [3.05, 3.63) is 24.0 Å². The average molecular weight is 262 g/mol. The molecule has 2 rings (SSSR count). The summed E-state index contributed by atoms with van der Waals surface area (Å²) in [5, 5.41) is 11.7. The van der Waals surface area contributed by atoms with Crippen LogP contribution in [0.1, 0.15) is 38.8 Å². The Balaban J connectivity index is 2.18. The number of rotatable bonds is 2. The first-order valence-corrected chi connectivity index (χ1v) is 6.71. The normalized spacial score (nSPS) is 20.1. The third-order valence-electron chi connectivity index (χ3n) is 3.82. The van der Waals surface area contributed by atoms with E-state index in [1.807, 2.05) is 12.1 Å². The molecular weight excluding hydrogens is 240 g/mol. The Kier molecular flexibility index (Phi) is 3.93. The van der Waals surface area contributed by atoms with Crippen molar-refractivity contribution in [2.45, 2.75) is 33.1 Å². The number of pyridine rings is 1. The quantitative estimate of drug-likeness (QED) is 0.371. The van der Waals surface area contributed by atoms with Crippen molar-refractivity contribution < 1.29 is 5.21 Å². The number of anilines is 1. The third kappa shape index (κ3) is 3.36. The van der Waals surface area contributed by atoms with Crippen LogP contribution in [0.5, 0.6) is 0 Å². The van der Waals surface area contributed by atoms with Crippen LogP contribution < -0.4 is 10.6 Å². The molecule has 0 aliphatic carbocycles. The number of nitrogens with two attached hydrogens (primary N) is 1. The predicted molar refractivity (Wildman–Crippen MR) is 76.6 cm³/mol. The molecule has 3 N–H and O–H groups in total. The maximum Gasteiger partial charge on any atom is 0.188 e. The van der Waals surface area contributed by atoms with Gasteiger partial charge in [0, 0.05) is 25.0 Å². The van der Waals surface area contributed by atoms with E-state index in [1.165, 1.54) is 19.3 Å². The van der Waals surface area contributed by atoms with Gasteiger partial charge in [-0.25, -0.2) is 0 Å². The van der Waals surface area contributed by atoms with Gasteiger partial charge in [0.2, 0.25) is 0 Å². The fourth-order valence-corrected chi connectivity index (χ4v) is 2.49. The van der Waals surface area contributed by atoms with Crippen LogP contribution in [0.15, 0.2) is 23.5 Å². The second kappa shape index (κ2) is 5.47. The van der Waals surface area contributed by atoms with Gasteiger partial charge in [-0.3, -0.25) is 4.98 Å². The van der Waals surface area contributed by atoms with E-state index in [0.29, 0.717) is 11.1 Å². The van der Waals surface area contributed by atoms with Crippen LogP contribution in [0.4, 0.5) is 5.69 Å². The predicted octanol–water partition coefficient (Wildman–Crippen LogP) is 2.19. The molecule has 0 aromatic carbocycles. The molecule has 1 aromatic rings. The molecule has 1 aliphatic heterocycles. The zero-order valence-corrected chi connectivity index (χ0v) is 11.6. The Morgan fingerprint density at radius 2 is 2.21 bits per heavy atom. The monoisotopic (exact) mass is 262 g/mol. The van der Waals surface area contributed by atoms with E-state index < -0.39 is 0 Å². The minimum Gasteiger partial charge on any atom is -0.409 e. The second-order valence-corrected chi connectivity index (χ2v) is 5.89. The van der Waals surface area contributed by atoms with Crippen molar-refractivity contribution in [1.29, 1.82) is 0 Å². The van der Waals surface area contributed by atoms with Gasteiger partial charge in [0.25, 0.3) is 0 Å². The summed E-state index contributed by atoms with van der Waals surface area (Å²) in [6.07, 6.45) is 5.32. The number of hydrogen-bond donors (Lipinski definition) is 2. The minimum atomic E-state index is 0.0528. The summed E-state index contributed by atoms with van der Waals surface area (Å²) in [5.41, 5.74) is 7.61. The Morgan fingerprint density at radius 3 is 2.95 bits per heavy atom. The summed E-state index contributed by atoms with van der Waals surface area (Å²) in [7, 11) is 0. The van der Waals surface area contributed by atoms with Gasteiger partial charge < -0.3 is 15.8 Å². The SMILES string of the molecule is CC1(C)CCCN(c2ccnc(C(N)=NO)c2)CC1. The lowest BCUT2D eigenvalue weighted by molar-refractivity contribution is 0.318. The number of nitrogens with zero attached hydrogens (tertiary/aromatic N) is 3. The molecule has 1 aromatic heterocycles. The molecule has 0 radical (unpaired) electrons. The molecule has 1 aliphatic rings. The van der Waals surface area contributed by atoms with Crippen LogP contribution in [0.2, 0.25) is 0 Å². The van der Waals surface area contributed by atoms with E-state index >= 15 is 0 Å². The van der Waals surface area contributed by atoms with E-state index in [0.717, 1.165) is 18.8 Å². The van der Waals surface area contributed by atoms with E-state index in [9.17, 15) is 0 Å². The first-order chi connectivity index (χ1) is 9.02. The van der Waals surface area contributed by atoms with Crippen molar-refractivity contribution >= 4 is 11.5 Å². The van der Waals surface area contributed by atoms with Crippen LogP contribution in [0.3, 0.4) is 0 Å². The number of amidine groups is 1. The smallest absolute Gasteiger partial charge is 0.188 e. The molecule has 19 heavy (non-hydrogen) atoms.